The lowest BCUT2D eigenvalue weighted by atomic mass is 9.98. The van der Waals surface area contributed by atoms with Crippen LogP contribution in [0, 0.1) is 5.92 Å². The molecule has 114 valence electrons. The number of carbonyl (C=O) groups is 3. The zero-order valence-corrected chi connectivity index (χ0v) is 12.3. The van der Waals surface area contributed by atoms with E-state index in [1.54, 1.807) is 25.1 Å². The number of carboxylic acid groups (broad SMARTS) is 1. The molecule has 21 heavy (non-hydrogen) atoms. The Bertz CT molecular complexity index is 542. The monoisotopic (exact) mass is 292 g/mol. The number of anilines is 1. The smallest absolute Gasteiger partial charge is 0.326 e. The first-order valence-corrected chi connectivity index (χ1v) is 6.77. The number of hydrogen-bond acceptors (Lipinski definition) is 3. The highest BCUT2D eigenvalue weighted by molar-refractivity contribution is 6.04. The van der Waals surface area contributed by atoms with Crippen molar-refractivity contribution in [3.8, 4) is 0 Å². The number of para-hydroxylation sites is 1. The largest absolute Gasteiger partial charge is 0.480 e. The van der Waals surface area contributed by atoms with Crippen molar-refractivity contribution in [2.75, 3.05) is 5.32 Å². The predicted octanol–water partition coefficient (Wildman–Crippen LogP) is 1.87. The summed E-state index contributed by atoms with van der Waals surface area (Å²) in [5.74, 6) is -2.09. The maximum absolute atomic E-state index is 12.3. The second-order valence-corrected chi connectivity index (χ2v) is 4.90. The molecule has 0 heterocycles. The van der Waals surface area contributed by atoms with Crippen molar-refractivity contribution >= 4 is 23.5 Å². The fourth-order valence-electron chi connectivity index (χ4n) is 1.88. The number of rotatable bonds is 6. The molecule has 0 aliphatic heterocycles. The van der Waals surface area contributed by atoms with E-state index < -0.39 is 17.9 Å². The molecule has 1 rings (SSSR count). The van der Waals surface area contributed by atoms with E-state index in [0.717, 1.165) is 0 Å². The van der Waals surface area contributed by atoms with Gasteiger partial charge in [0, 0.05) is 6.92 Å². The molecule has 0 unspecified atom stereocenters. The molecular formula is C15H20N2O4. The van der Waals surface area contributed by atoms with Gasteiger partial charge in [-0.3, -0.25) is 9.59 Å². The molecule has 6 heteroatoms. The van der Waals surface area contributed by atoms with Crippen molar-refractivity contribution in [3.63, 3.8) is 0 Å². The molecule has 3 N–H and O–H groups in total. The Morgan fingerprint density at radius 3 is 2.38 bits per heavy atom. The minimum atomic E-state index is -1.07. The first-order chi connectivity index (χ1) is 9.86. The van der Waals surface area contributed by atoms with Crippen LogP contribution in [0.4, 0.5) is 5.69 Å². The van der Waals surface area contributed by atoms with Crippen LogP contribution in [0.1, 0.15) is 37.6 Å². The summed E-state index contributed by atoms with van der Waals surface area (Å²) >= 11 is 0. The third kappa shape index (κ3) is 4.59. The van der Waals surface area contributed by atoms with Crippen LogP contribution >= 0.6 is 0 Å². The second-order valence-electron chi connectivity index (χ2n) is 4.90. The Morgan fingerprint density at radius 1 is 1.24 bits per heavy atom. The van der Waals surface area contributed by atoms with Crippen molar-refractivity contribution in [2.24, 2.45) is 5.92 Å². The SMILES string of the molecule is CC[C@H](C)[C@@H](NC(=O)c1ccccc1NC(C)=O)C(=O)O. The molecule has 0 saturated carbocycles. The van der Waals surface area contributed by atoms with Crippen molar-refractivity contribution < 1.29 is 19.5 Å². The number of benzene rings is 1. The molecule has 0 saturated heterocycles. The summed E-state index contributed by atoms with van der Waals surface area (Å²) in [6, 6.07) is 5.50. The Kier molecular flexibility index (Phi) is 5.90. The molecule has 2 amide bonds. The first kappa shape index (κ1) is 16.7. The molecular weight excluding hydrogens is 272 g/mol. The lowest BCUT2D eigenvalue weighted by Gasteiger charge is -2.20. The van der Waals surface area contributed by atoms with Crippen molar-refractivity contribution in [3.05, 3.63) is 29.8 Å². The van der Waals surface area contributed by atoms with Crippen LogP contribution < -0.4 is 10.6 Å². The Hall–Kier alpha value is -2.37. The summed E-state index contributed by atoms with van der Waals surface area (Å²) < 4.78 is 0. The van der Waals surface area contributed by atoms with Crippen molar-refractivity contribution in [2.45, 2.75) is 33.2 Å². The zero-order valence-electron chi connectivity index (χ0n) is 12.3. The number of hydrogen-bond donors (Lipinski definition) is 3. The zero-order chi connectivity index (χ0) is 16.0. The summed E-state index contributed by atoms with van der Waals surface area (Å²) in [7, 11) is 0. The number of carboxylic acids is 1. The van der Waals surface area contributed by atoms with Crippen LogP contribution in [-0.4, -0.2) is 28.9 Å². The number of aliphatic carboxylic acids is 1. The summed E-state index contributed by atoms with van der Waals surface area (Å²) in [5.41, 5.74) is 0.595. The molecule has 2 atom stereocenters. The topological polar surface area (TPSA) is 95.5 Å². The van der Waals surface area contributed by atoms with Gasteiger partial charge in [0.2, 0.25) is 5.91 Å². The van der Waals surface area contributed by atoms with Crippen LogP contribution in [0.5, 0.6) is 0 Å². The van der Waals surface area contributed by atoms with Gasteiger partial charge in [-0.15, -0.1) is 0 Å². The summed E-state index contributed by atoms with van der Waals surface area (Å²) in [4.78, 5) is 34.6. The van der Waals surface area contributed by atoms with Crippen LogP contribution in [0.3, 0.4) is 0 Å². The van der Waals surface area contributed by atoms with Gasteiger partial charge in [-0.2, -0.15) is 0 Å². The molecule has 1 aromatic rings. The summed E-state index contributed by atoms with van der Waals surface area (Å²) in [6.07, 6.45) is 0.630. The van der Waals surface area contributed by atoms with Gasteiger partial charge in [-0.05, 0) is 18.1 Å². The summed E-state index contributed by atoms with van der Waals surface area (Å²) in [6.45, 7) is 4.96. The van der Waals surface area contributed by atoms with E-state index in [9.17, 15) is 19.5 Å². The molecule has 0 fully saturated rings. The summed E-state index contributed by atoms with van der Waals surface area (Å²) in [5, 5.41) is 14.3. The quantitative estimate of drug-likeness (QED) is 0.746. The Morgan fingerprint density at radius 2 is 1.86 bits per heavy atom. The minimum Gasteiger partial charge on any atom is -0.480 e. The van der Waals surface area contributed by atoms with E-state index in [4.69, 9.17) is 0 Å². The first-order valence-electron chi connectivity index (χ1n) is 6.77. The molecule has 0 aliphatic rings. The fraction of sp³-hybridized carbons (Fsp3) is 0.400. The van der Waals surface area contributed by atoms with E-state index in [-0.39, 0.29) is 17.4 Å². The van der Waals surface area contributed by atoms with Crippen LogP contribution in [0.15, 0.2) is 24.3 Å². The van der Waals surface area contributed by atoms with E-state index in [1.807, 2.05) is 6.92 Å². The van der Waals surface area contributed by atoms with Crippen molar-refractivity contribution in [1.29, 1.82) is 0 Å². The van der Waals surface area contributed by atoms with E-state index in [2.05, 4.69) is 10.6 Å². The number of amides is 2. The lowest BCUT2D eigenvalue weighted by Crippen LogP contribution is -2.45. The second kappa shape index (κ2) is 7.42. The number of nitrogens with one attached hydrogen (secondary N) is 2. The molecule has 1 aromatic carbocycles. The third-order valence-electron chi connectivity index (χ3n) is 3.25. The van der Waals surface area contributed by atoms with Crippen LogP contribution in [-0.2, 0) is 9.59 Å². The lowest BCUT2D eigenvalue weighted by molar-refractivity contribution is -0.140. The average molecular weight is 292 g/mol. The highest BCUT2D eigenvalue weighted by Gasteiger charge is 2.26. The maximum atomic E-state index is 12.3. The normalized spacial score (nSPS) is 13.1. The Balaban J connectivity index is 2.97. The van der Waals surface area contributed by atoms with Gasteiger partial charge in [0.1, 0.15) is 6.04 Å². The minimum absolute atomic E-state index is 0.195. The van der Waals surface area contributed by atoms with Crippen molar-refractivity contribution in [1.82, 2.24) is 5.32 Å². The van der Waals surface area contributed by atoms with Gasteiger partial charge in [0.15, 0.2) is 0 Å². The van der Waals surface area contributed by atoms with Gasteiger partial charge >= 0.3 is 5.97 Å². The van der Waals surface area contributed by atoms with E-state index in [0.29, 0.717) is 12.1 Å². The molecule has 0 aromatic heterocycles. The molecule has 0 bridgehead atoms. The van der Waals surface area contributed by atoms with Gasteiger partial charge in [0.25, 0.3) is 5.91 Å². The predicted molar refractivity (Wildman–Crippen MR) is 79.1 cm³/mol. The molecule has 0 spiro atoms. The third-order valence-corrected chi connectivity index (χ3v) is 3.25. The van der Waals surface area contributed by atoms with Gasteiger partial charge < -0.3 is 15.7 Å². The van der Waals surface area contributed by atoms with Gasteiger partial charge in [-0.1, -0.05) is 32.4 Å². The van der Waals surface area contributed by atoms with Crippen LogP contribution in [0.2, 0.25) is 0 Å². The molecule has 6 nitrogen and oxygen atoms in total. The van der Waals surface area contributed by atoms with E-state index in [1.165, 1.54) is 13.0 Å². The van der Waals surface area contributed by atoms with Gasteiger partial charge in [-0.25, -0.2) is 4.79 Å². The average Bonchev–Trinajstić information content (AvgIpc) is 2.43. The van der Waals surface area contributed by atoms with Gasteiger partial charge in [0.05, 0.1) is 11.3 Å². The Labute approximate surface area is 123 Å². The highest BCUT2D eigenvalue weighted by atomic mass is 16.4. The standard InChI is InChI=1S/C15H20N2O4/c1-4-9(2)13(15(20)21)17-14(19)11-7-5-6-8-12(11)16-10(3)18/h5-9,13H,4H2,1-3H3,(H,16,18)(H,17,19)(H,20,21)/t9-,13+/m0/s1. The molecule has 0 aliphatic carbocycles. The van der Waals surface area contributed by atoms with Crippen LogP contribution in [0.25, 0.3) is 0 Å². The highest BCUT2D eigenvalue weighted by Crippen LogP contribution is 2.16. The fourth-order valence-corrected chi connectivity index (χ4v) is 1.88. The van der Waals surface area contributed by atoms with E-state index >= 15 is 0 Å². The molecule has 0 radical (unpaired) electrons. The maximum Gasteiger partial charge on any atom is 0.326 e. The number of carbonyl (C=O) groups excluding carboxylic acids is 2.